The summed E-state index contributed by atoms with van der Waals surface area (Å²) in [5.74, 6) is -0.524. The van der Waals surface area contributed by atoms with Gasteiger partial charge in [-0.2, -0.15) is 0 Å². The van der Waals surface area contributed by atoms with Crippen molar-refractivity contribution >= 4 is 11.9 Å². The van der Waals surface area contributed by atoms with Crippen LogP contribution in [0, 0.1) is 0 Å². The third kappa shape index (κ3) is 4.36. The molecule has 1 amide bonds. The van der Waals surface area contributed by atoms with E-state index in [4.69, 9.17) is 24.7 Å². The maximum absolute atomic E-state index is 12.5. The average molecular weight is 405 g/mol. The Morgan fingerprint density at radius 3 is 2.69 bits per heavy atom. The lowest BCUT2D eigenvalue weighted by atomic mass is 9.87. The fourth-order valence-electron chi connectivity index (χ4n) is 3.35. The summed E-state index contributed by atoms with van der Waals surface area (Å²) in [6.45, 7) is 2.65. The maximum atomic E-state index is 12.5. The highest BCUT2D eigenvalue weighted by Crippen LogP contribution is 2.43. The molecule has 2 heterocycles. The number of amides is 1. The molecule has 1 aromatic carbocycles. The molecule has 1 aliphatic heterocycles. The minimum absolute atomic E-state index is 0.153. The highest BCUT2D eigenvalue weighted by Gasteiger charge is 2.29. The first-order chi connectivity index (χ1) is 13.9. The Balaban J connectivity index is 2.09. The summed E-state index contributed by atoms with van der Waals surface area (Å²) in [7, 11) is 1.48. The van der Waals surface area contributed by atoms with Crippen LogP contribution in [0.4, 0.5) is 0 Å². The number of nitrogens with two attached hydrogens (primary N) is 1. The van der Waals surface area contributed by atoms with Gasteiger partial charge >= 0.3 is 5.97 Å². The van der Waals surface area contributed by atoms with E-state index >= 15 is 0 Å². The monoisotopic (exact) mass is 405 g/mol. The number of hydrogen-bond donors (Lipinski definition) is 3. The van der Waals surface area contributed by atoms with Crippen molar-refractivity contribution < 1.29 is 28.5 Å². The van der Waals surface area contributed by atoms with Crippen LogP contribution in [-0.2, 0) is 20.7 Å². The second-order valence-corrected chi connectivity index (χ2v) is 6.42. The summed E-state index contributed by atoms with van der Waals surface area (Å²) in [4.78, 5) is 36.3. The number of aromatic amines is 2. The van der Waals surface area contributed by atoms with E-state index in [2.05, 4.69) is 10.2 Å². The molecule has 0 saturated heterocycles. The van der Waals surface area contributed by atoms with Gasteiger partial charge in [-0.05, 0) is 24.6 Å². The Labute approximate surface area is 166 Å². The molecule has 0 spiro atoms. The minimum Gasteiger partial charge on any atom is -0.493 e. The molecule has 0 aliphatic carbocycles. The number of nitrogens with one attached hydrogen (secondary N) is 2. The molecule has 1 atom stereocenters. The number of aromatic nitrogens is 2. The first-order valence-corrected chi connectivity index (χ1v) is 9.15. The number of carbonyl (C=O) groups excluding carboxylic acids is 2. The number of H-pyrrole nitrogens is 2. The van der Waals surface area contributed by atoms with Gasteiger partial charge in [0.1, 0.15) is 13.2 Å². The molecule has 10 nitrogen and oxygen atoms in total. The SMILES string of the molecule is CCOC(=O)Cc1[nH][nH]c(=O)c1C(CC(N)=O)c1cc(OC)c2c(c1)OCCO2. The quantitative estimate of drug-likeness (QED) is 0.545. The van der Waals surface area contributed by atoms with Gasteiger partial charge in [0.2, 0.25) is 11.7 Å². The van der Waals surface area contributed by atoms with Crippen molar-refractivity contribution in [3.63, 3.8) is 0 Å². The number of benzene rings is 1. The molecule has 0 radical (unpaired) electrons. The summed E-state index contributed by atoms with van der Waals surface area (Å²) in [6, 6.07) is 3.35. The van der Waals surface area contributed by atoms with Crippen LogP contribution in [0.3, 0.4) is 0 Å². The molecule has 1 unspecified atom stereocenters. The van der Waals surface area contributed by atoms with Crippen molar-refractivity contribution in [2.75, 3.05) is 26.9 Å². The molecule has 3 rings (SSSR count). The van der Waals surface area contributed by atoms with Crippen molar-refractivity contribution in [3.05, 3.63) is 39.3 Å². The molecule has 10 heteroatoms. The summed E-state index contributed by atoms with van der Waals surface area (Å²) >= 11 is 0. The Morgan fingerprint density at radius 2 is 2.00 bits per heavy atom. The standard InChI is InChI=1S/C19H23N3O7/c1-3-27-16(24)9-12-17(19(25)22-21-12)11(8-15(20)23)10-6-13(26-2)18-14(7-10)28-4-5-29-18/h6-7,11H,3-5,8-9H2,1-2H3,(H2,20,23)(H2,21,22,25). The fraction of sp³-hybridized carbons (Fsp3) is 0.421. The molecular formula is C19H23N3O7. The molecule has 29 heavy (non-hydrogen) atoms. The molecular weight excluding hydrogens is 382 g/mol. The van der Waals surface area contributed by atoms with E-state index in [1.165, 1.54) is 7.11 Å². The van der Waals surface area contributed by atoms with E-state index in [1.807, 2.05) is 0 Å². The van der Waals surface area contributed by atoms with Crippen molar-refractivity contribution in [2.24, 2.45) is 5.73 Å². The smallest absolute Gasteiger partial charge is 0.311 e. The number of esters is 1. The van der Waals surface area contributed by atoms with E-state index in [1.54, 1.807) is 19.1 Å². The number of hydrogen-bond acceptors (Lipinski definition) is 7. The predicted octanol–water partition coefficient (Wildman–Crippen LogP) is 0.596. The van der Waals surface area contributed by atoms with Gasteiger partial charge in [-0.25, -0.2) is 0 Å². The van der Waals surface area contributed by atoms with Gasteiger partial charge in [-0.15, -0.1) is 0 Å². The minimum atomic E-state index is -0.725. The van der Waals surface area contributed by atoms with Crippen LogP contribution in [-0.4, -0.2) is 49.0 Å². The fourth-order valence-corrected chi connectivity index (χ4v) is 3.35. The van der Waals surface area contributed by atoms with Crippen molar-refractivity contribution in [2.45, 2.75) is 25.7 Å². The molecule has 0 saturated carbocycles. The number of ether oxygens (including phenoxy) is 4. The number of primary amides is 1. The Kier molecular flexibility index (Phi) is 6.10. The normalized spacial score (nSPS) is 13.6. The lowest BCUT2D eigenvalue weighted by molar-refractivity contribution is -0.142. The van der Waals surface area contributed by atoms with E-state index in [0.717, 1.165) is 0 Å². The van der Waals surface area contributed by atoms with E-state index in [9.17, 15) is 14.4 Å². The summed E-state index contributed by atoms with van der Waals surface area (Å²) in [5.41, 5.74) is 6.13. The first-order valence-electron chi connectivity index (χ1n) is 9.15. The maximum Gasteiger partial charge on any atom is 0.311 e. The zero-order chi connectivity index (χ0) is 21.0. The van der Waals surface area contributed by atoms with Crippen LogP contribution in [0.1, 0.15) is 36.1 Å². The van der Waals surface area contributed by atoms with Gasteiger partial charge in [-0.1, -0.05) is 0 Å². The van der Waals surface area contributed by atoms with Gasteiger partial charge in [0.25, 0.3) is 5.56 Å². The lowest BCUT2D eigenvalue weighted by Crippen LogP contribution is -2.22. The van der Waals surface area contributed by atoms with Gasteiger partial charge in [-0.3, -0.25) is 19.5 Å². The molecule has 1 aliphatic rings. The molecule has 0 bridgehead atoms. The van der Waals surface area contributed by atoms with Crippen LogP contribution in [0.25, 0.3) is 0 Å². The number of methoxy groups -OCH3 is 1. The van der Waals surface area contributed by atoms with Crippen LogP contribution < -0.4 is 25.5 Å². The highest BCUT2D eigenvalue weighted by molar-refractivity contribution is 5.76. The van der Waals surface area contributed by atoms with E-state index < -0.39 is 23.4 Å². The Bertz CT molecular complexity index is 946. The Hall–Kier alpha value is -3.43. The third-order valence-corrected chi connectivity index (χ3v) is 4.53. The number of fused-ring (bicyclic) bond motifs is 1. The first kappa shape index (κ1) is 20.3. The molecule has 4 N–H and O–H groups in total. The molecule has 2 aromatic rings. The summed E-state index contributed by atoms with van der Waals surface area (Å²) < 4.78 is 21.6. The van der Waals surface area contributed by atoms with Crippen LogP contribution in [0.2, 0.25) is 0 Å². The van der Waals surface area contributed by atoms with Gasteiger partial charge in [0.15, 0.2) is 11.5 Å². The zero-order valence-corrected chi connectivity index (χ0v) is 16.2. The average Bonchev–Trinajstić information content (AvgIpc) is 3.05. The van der Waals surface area contributed by atoms with Crippen LogP contribution in [0.15, 0.2) is 16.9 Å². The van der Waals surface area contributed by atoms with Gasteiger partial charge in [0.05, 0.1) is 25.8 Å². The van der Waals surface area contributed by atoms with Crippen LogP contribution >= 0.6 is 0 Å². The Morgan fingerprint density at radius 1 is 1.24 bits per heavy atom. The van der Waals surface area contributed by atoms with E-state index in [0.29, 0.717) is 41.7 Å². The van der Waals surface area contributed by atoms with Crippen molar-refractivity contribution in [3.8, 4) is 17.2 Å². The number of carbonyl (C=O) groups is 2. The second-order valence-electron chi connectivity index (χ2n) is 6.42. The van der Waals surface area contributed by atoms with Crippen molar-refractivity contribution in [1.82, 2.24) is 10.2 Å². The largest absolute Gasteiger partial charge is 0.493 e. The lowest BCUT2D eigenvalue weighted by Gasteiger charge is -2.23. The zero-order valence-electron chi connectivity index (χ0n) is 16.2. The third-order valence-electron chi connectivity index (χ3n) is 4.53. The molecule has 1 aromatic heterocycles. The van der Waals surface area contributed by atoms with E-state index in [-0.39, 0.29) is 25.0 Å². The van der Waals surface area contributed by atoms with Gasteiger partial charge in [0, 0.05) is 17.9 Å². The van der Waals surface area contributed by atoms with Crippen molar-refractivity contribution in [1.29, 1.82) is 0 Å². The molecule has 156 valence electrons. The summed E-state index contributed by atoms with van der Waals surface area (Å²) in [5, 5.41) is 5.17. The van der Waals surface area contributed by atoms with Gasteiger partial charge < -0.3 is 29.8 Å². The predicted molar refractivity (Wildman–Crippen MR) is 101 cm³/mol. The topological polar surface area (TPSA) is 146 Å². The summed E-state index contributed by atoms with van der Waals surface area (Å²) in [6.07, 6.45) is -0.307. The number of rotatable bonds is 8. The highest BCUT2D eigenvalue weighted by atomic mass is 16.6. The second kappa shape index (κ2) is 8.72. The molecule has 0 fully saturated rings. The van der Waals surface area contributed by atoms with Crippen LogP contribution in [0.5, 0.6) is 17.2 Å².